The molecule has 1 N–H and O–H groups in total. The van der Waals surface area contributed by atoms with E-state index in [2.05, 4.69) is 37.9 Å². The Kier molecular flexibility index (Phi) is 10.2. The van der Waals surface area contributed by atoms with Crippen molar-refractivity contribution in [3.05, 3.63) is 17.8 Å². The lowest BCUT2D eigenvalue weighted by atomic mass is 10.1. The van der Waals surface area contributed by atoms with Gasteiger partial charge in [-0.15, -0.1) is 0 Å². The number of pyridine rings is 1. The zero-order chi connectivity index (χ0) is 22.8. The Labute approximate surface area is 188 Å². The fourth-order valence-electron chi connectivity index (χ4n) is 3.85. The van der Waals surface area contributed by atoms with Crippen molar-refractivity contribution in [2.24, 2.45) is 0 Å². The van der Waals surface area contributed by atoms with Crippen LogP contribution in [0.2, 0.25) is 0 Å². The van der Waals surface area contributed by atoms with Crippen LogP contribution in [0.5, 0.6) is 17.2 Å². The third-order valence-corrected chi connectivity index (χ3v) is 5.68. The minimum Gasteiger partial charge on any atom is -0.494 e. The third-order valence-electron chi connectivity index (χ3n) is 5.68. The number of aromatic nitrogens is 1. The van der Waals surface area contributed by atoms with Gasteiger partial charge < -0.3 is 24.4 Å². The van der Waals surface area contributed by atoms with E-state index < -0.39 is 0 Å². The largest absolute Gasteiger partial charge is 0.494 e. The molecule has 1 atom stereocenters. The van der Waals surface area contributed by atoms with E-state index in [0.29, 0.717) is 12.6 Å². The van der Waals surface area contributed by atoms with Crippen LogP contribution in [-0.4, -0.2) is 56.4 Å². The molecule has 2 aromatic rings. The van der Waals surface area contributed by atoms with Gasteiger partial charge in [-0.3, -0.25) is 0 Å². The lowest BCUT2D eigenvalue weighted by molar-refractivity contribution is 0.295. The van der Waals surface area contributed by atoms with Crippen LogP contribution < -0.4 is 19.5 Å². The molecule has 1 heterocycles. The zero-order valence-electron chi connectivity index (χ0n) is 20.5. The summed E-state index contributed by atoms with van der Waals surface area (Å²) in [5, 5.41) is 4.50. The first-order valence-electron chi connectivity index (χ1n) is 11.7. The van der Waals surface area contributed by atoms with Gasteiger partial charge in [-0.05, 0) is 52.7 Å². The second-order valence-corrected chi connectivity index (χ2v) is 8.06. The maximum atomic E-state index is 6.15. The summed E-state index contributed by atoms with van der Waals surface area (Å²) in [4.78, 5) is 7.19. The Bertz CT molecular complexity index is 821. The number of rotatable bonds is 14. The number of benzene rings is 1. The van der Waals surface area contributed by atoms with E-state index in [-0.39, 0.29) is 0 Å². The van der Waals surface area contributed by atoms with Gasteiger partial charge in [0, 0.05) is 23.9 Å². The summed E-state index contributed by atoms with van der Waals surface area (Å²) >= 11 is 0. The van der Waals surface area contributed by atoms with Crippen molar-refractivity contribution in [1.82, 2.24) is 9.88 Å². The molecule has 0 aliphatic rings. The fraction of sp³-hybridized carbons (Fsp3) is 0.640. The molecule has 0 amide bonds. The van der Waals surface area contributed by atoms with E-state index in [9.17, 15) is 0 Å². The molecule has 0 saturated heterocycles. The summed E-state index contributed by atoms with van der Waals surface area (Å²) < 4.78 is 17.7. The van der Waals surface area contributed by atoms with E-state index >= 15 is 0 Å². The number of unbranched alkanes of at least 4 members (excludes halogenated alkanes) is 1. The van der Waals surface area contributed by atoms with Crippen LogP contribution in [0, 0.1) is 6.92 Å². The average Bonchev–Trinajstić information content (AvgIpc) is 2.76. The molecule has 0 saturated carbocycles. The Balaban J connectivity index is 2.35. The molecule has 0 spiro atoms. The fourth-order valence-corrected chi connectivity index (χ4v) is 3.85. The molecule has 0 bridgehead atoms. The Morgan fingerprint density at radius 3 is 2.39 bits per heavy atom. The van der Waals surface area contributed by atoms with Crippen LogP contribution in [0.1, 0.15) is 59.1 Å². The predicted octanol–water partition coefficient (Wildman–Crippen LogP) is 5.66. The summed E-state index contributed by atoms with van der Waals surface area (Å²) in [6.45, 7) is 14.8. The number of anilines is 1. The first-order valence-corrected chi connectivity index (χ1v) is 11.7. The third kappa shape index (κ3) is 6.63. The normalized spacial score (nSPS) is 12.3. The zero-order valence-corrected chi connectivity index (χ0v) is 20.5. The SMILES string of the molecule is CCCCOc1cc(C)nc2c(OC)cc(NC(C)CCCN(CC)CC)c(OC)c12. The van der Waals surface area contributed by atoms with Crippen molar-refractivity contribution in [2.75, 3.05) is 45.8 Å². The van der Waals surface area contributed by atoms with Gasteiger partial charge in [0.2, 0.25) is 0 Å². The first kappa shape index (κ1) is 25.1. The van der Waals surface area contributed by atoms with Crippen molar-refractivity contribution >= 4 is 16.6 Å². The van der Waals surface area contributed by atoms with Gasteiger partial charge in [-0.1, -0.05) is 27.2 Å². The van der Waals surface area contributed by atoms with Crippen LogP contribution >= 0.6 is 0 Å². The van der Waals surface area contributed by atoms with Crippen molar-refractivity contribution in [1.29, 1.82) is 0 Å². The highest BCUT2D eigenvalue weighted by atomic mass is 16.5. The van der Waals surface area contributed by atoms with Crippen LogP contribution in [0.15, 0.2) is 12.1 Å². The quantitative estimate of drug-likeness (QED) is 0.389. The minimum absolute atomic E-state index is 0.300. The molecule has 0 aliphatic heterocycles. The number of fused-ring (bicyclic) bond motifs is 1. The maximum Gasteiger partial charge on any atom is 0.155 e. The van der Waals surface area contributed by atoms with E-state index in [1.54, 1.807) is 14.2 Å². The van der Waals surface area contributed by atoms with Crippen LogP contribution in [-0.2, 0) is 0 Å². The Morgan fingerprint density at radius 1 is 1.03 bits per heavy atom. The van der Waals surface area contributed by atoms with Gasteiger partial charge in [0.05, 0.1) is 31.9 Å². The second-order valence-electron chi connectivity index (χ2n) is 8.06. The minimum atomic E-state index is 0.300. The molecule has 0 aliphatic carbocycles. The molecule has 6 nitrogen and oxygen atoms in total. The first-order chi connectivity index (χ1) is 15.0. The summed E-state index contributed by atoms with van der Waals surface area (Å²) in [7, 11) is 3.38. The highest BCUT2D eigenvalue weighted by Crippen LogP contribution is 2.44. The second kappa shape index (κ2) is 12.6. The lowest BCUT2D eigenvalue weighted by Crippen LogP contribution is -2.25. The molecule has 6 heteroatoms. The molecule has 1 unspecified atom stereocenters. The maximum absolute atomic E-state index is 6.15. The van der Waals surface area contributed by atoms with E-state index in [4.69, 9.17) is 19.2 Å². The standard InChI is InChI=1S/C25H41N3O3/c1-8-11-15-31-21-16-19(5)27-24-22(29-6)17-20(25(30-7)23(21)24)26-18(4)13-12-14-28(9-2)10-3/h16-18,26H,8-15H2,1-7H3. The number of nitrogens with one attached hydrogen (secondary N) is 1. The topological polar surface area (TPSA) is 55.9 Å². The van der Waals surface area contributed by atoms with Crippen LogP contribution in [0.3, 0.4) is 0 Å². The number of aryl methyl sites for hydroxylation is 1. The smallest absolute Gasteiger partial charge is 0.155 e. The molecule has 0 fully saturated rings. The van der Waals surface area contributed by atoms with Gasteiger partial charge in [0.1, 0.15) is 17.0 Å². The number of ether oxygens (including phenoxy) is 3. The highest BCUT2D eigenvalue weighted by molar-refractivity contribution is 6.00. The highest BCUT2D eigenvalue weighted by Gasteiger charge is 2.20. The van der Waals surface area contributed by atoms with Gasteiger partial charge in [0.15, 0.2) is 5.75 Å². The van der Waals surface area contributed by atoms with Crippen molar-refractivity contribution in [2.45, 2.75) is 66.3 Å². The molecule has 1 aromatic heterocycles. The number of methoxy groups -OCH3 is 2. The molecule has 0 radical (unpaired) electrons. The number of hydrogen-bond donors (Lipinski definition) is 1. The molecule has 2 rings (SSSR count). The van der Waals surface area contributed by atoms with Crippen molar-refractivity contribution in [3.63, 3.8) is 0 Å². The summed E-state index contributed by atoms with van der Waals surface area (Å²) in [5.74, 6) is 2.27. The van der Waals surface area contributed by atoms with Crippen LogP contribution in [0.4, 0.5) is 5.69 Å². The van der Waals surface area contributed by atoms with Crippen LogP contribution in [0.25, 0.3) is 10.9 Å². The van der Waals surface area contributed by atoms with Gasteiger partial charge >= 0.3 is 0 Å². The molecular formula is C25H41N3O3. The molecule has 31 heavy (non-hydrogen) atoms. The molecular weight excluding hydrogens is 390 g/mol. The monoisotopic (exact) mass is 431 g/mol. The van der Waals surface area contributed by atoms with E-state index in [0.717, 1.165) is 84.9 Å². The summed E-state index contributed by atoms with van der Waals surface area (Å²) in [5.41, 5.74) is 2.57. The average molecular weight is 432 g/mol. The number of nitrogens with zero attached hydrogens (tertiary/aromatic N) is 2. The van der Waals surface area contributed by atoms with Gasteiger partial charge in [0.25, 0.3) is 0 Å². The summed E-state index contributed by atoms with van der Waals surface area (Å²) in [6, 6.07) is 4.27. The number of hydrogen-bond acceptors (Lipinski definition) is 6. The van der Waals surface area contributed by atoms with Gasteiger partial charge in [-0.2, -0.15) is 0 Å². The van der Waals surface area contributed by atoms with Crippen molar-refractivity contribution < 1.29 is 14.2 Å². The van der Waals surface area contributed by atoms with Crippen molar-refractivity contribution in [3.8, 4) is 17.2 Å². The Hall–Kier alpha value is -2.21. The predicted molar refractivity (Wildman–Crippen MR) is 130 cm³/mol. The molecule has 174 valence electrons. The Morgan fingerprint density at radius 2 is 1.77 bits per heavy atom. The lowest BCUT2D eigenvalue weighted by Gasteiger charge is -2.23. The summed E-state index contributed by atoms with van der Waals surface area (Å²) in [6.07, 6.45) is 4.31. The van der Waals surface area contributed by atoms with E-state index in [1.165, 1.54) is 0 Å². The van der Waals surface area contributed by atoms with Gasteiger partial charge in [-0.25, -0.2) is 4.98 Å². The molecule has 1 aromatic carbocycles. The van der Waals surface area contributed by atoms with E-state index in [1.807, 2.05) is 19.1 Å².